The molecule has 0 amide bonds. The number of hydrogen-bond donors (Lipinski definition) is 1. The Morgan fingerprint density at radius 3 is 2.73 bits per heavy atom. The number of rotatable bonds is 4. The molecule has 1 N–H and O–H groups in total. The molecule has 0 radical (unpaired) electrons. The molecule has 2 aromatic rings. The first kappa shape index (κ1) is 17.2. The topological polar surface area (TPSA) is 61.9 Å². The van der Waals surface area contributed by atoms with Gasteiger partial charge in [-0.3, -0.25) is 14.7 Å². The number of hydrogen-bond acceptors (Lipinski definition) is 4. The number of fused-ring (bicyclic) bond motifs is 1. The number of aromatic nitrogens is 3. The highest BCUT2D eigenvalue weighted by molar-refractivity contribution is 5.22. The summed E-state index contributed by atoms with van der Waals surface area (Å²) in [6, 6.07) is 2.46. The summed E-state index contributed by atoms with van der Waals surface area (Å²) in [4.78, 5) is 25.4. The molecule has 8 heteroatoms. The number of nitrogens with zero attached hydrogens (tertiary/aromatic N) is 3. The zero-order valence-corrected chi connectivity index (χ0v) is 14.1. The van der Waals surface area contributed by atoms with E-state index in [1.807, 2.05) is 0 Å². The Hall–Kier alpha value is -2.22. The van der Waals surface area contributed by atoms with Gasteiger partial charge in [0.15, 0.2) is 0 Å². The first-order valence-electron chi connectivity index (χ1n) is 8.74. The van der Waals surface area contributed by atoms with Gasteiger partial charge in [0.2, 0.25) is 0 Å². The number of alkyl halides is 3. The molecule has 2 aromatic heterocycles. The van der Waals surface area contributed by atoms with Crippen molar-refractivity contribution in [3.05, 3.63) is 57.0 Å². The lowest BCUT2D eigenvalue weighted by Gasteiger charge is -2.27. The molecule has 1 fully saturated rings. The van der Waals surface area contributed by atoms with Crippen molar-refractivity contribution in [3.63, 3.8) is 0 Å². The van der Waals surface area contributed by atoms with E-state index in [1.54, 1.807) is 0 Å². The molecule has 2 aliphatic rings. The van der Waals surface area contributed by atoms with Crippen LogP contribution in [0.4, 0.5) is 13.2 Å². The van der Waals surface area contributed by atoms with Crippen molar-refractivity contribution in [2.45, 2.75) is 44.9 Å². The lowest BCUT2D eigenvalue weighted by atomic mass is 10.1. The summed E-state index contributed by atoms with van der Waals surface area (Å²) < 4.78 is 37.8. The van der Waals surface area contributed by atoms with Crippen LogP contribution in [-0.4, -0.2) is 26.4 Å². The highest BCUT2D eigenvalue weighted by Crippen LogP contribution is 2.31. The van der Waals surface area contributed by atoms with Crippen molar-refractivity contribution in [3.8, 4) is 0 Å². The number of pyridine rings is 1. The third-order valence-electron chi connectivity index (χ3n) is 4.90. The summed E-state index contributed by atoms with van der Waals surface area (Å²) in [6.07, 6.45) is 0.621. The van der Waals surface area contributed by atoms with Crippen LogP contribution in [0.15, 0.2) is 23.1 Å². The summed E-state index contributed by atoms with van der Waals surface area (Å²) >= 11 is 0. The van der Waals surface area contributed by atoms with Gasteiger partial charge in [0.25, 0.3) is 5.56 Å². The summed E-state index contributed by atoms with van der Waals surface area (Å²) in [6.45, 7) is 1.68. The van der Waals surface area contributed by atoms with E-state index in [9.17, 15) is 18.0 Å². The lowest BCUT2D eigenvalue weighted by molar-refractivity contribution is -0.141. The smallest absolute Gasteiger partial charge is 0.310 e. The average molecular weight is 364 g/mol. The lowest BCUT2D eigenvalue weighted by Crippen LogP contribution is -2.35. The van der Waals surface area contributed by atoms with Gasteiger partial charge in [0.05, 0.1) is 5.69 Å². The van der Waals surface area contributed by atoms with E-state index in [1.165, 1.54) is 25.1 Å². The molecular weight excluding hydrogens is 345 g/mol. The maximum absolute atomic E-state index is 12.6. The SMILES string of the molecule is O=c1[nH]c(CC2CC2)nc2c1CCN(Cc1ccc(C(F)(F)F)nc1)C2. The highest BCUT2D eigenvalue weighted by Gasteiger charge is 2.32. The maximum atomic E-state index is 12.6. The summed E-state index contributed by atoms with van der Waals surface area (Å²) in [5.41, 5.74) is 1.29. The van der Waals surface area contributed by atoms with E-state index in [0.29, 0.717) is 37.5 Å². The second-order valence-electron chi connectivity index (χ2n) is 7.10. The molecule has 0 atom stereocenters. The van der Waals surface area contributed by atoms with Crippen molar-refractivity contribution in [2.75, 3.05) is 6.54 Å². The minimum absolute atomic E-state index is 0.0542. The Morgan fingerprint density at radius 2 is 2.08 bits per heavy atom. The van der Waals surface area contributed by atoms with E-state index >= 15 is 0 Å². The largest absolute Gasteiger partial charge is 0.433 e. The Bertz CT molecular complexity index is 856. The fourth-order valence-electron chi connectivity index (χ4n) is 3.32. The van der Waals surface area contributed by atoms with Gasteiger partial charge in [-0.25, -0.2) is 4.98 Å². The average Bonchev–Trinajstić information content (AvgIpc) is 3.38. The van der Waals surface area contributed by atoms with Gasteiger partial charge >= 0.3 is 6.18 Å². The molecular formula is C18H19F3N4O. The van der Waals surface area contributed by atoms with E-state index in [2.05, 4.69) is 19.9 Å². The summed E-state index contributed by atoms with van der Waals surface area (Å²) in [7, 11) is 0. The Balaban J connectivity index is 1.47. The van der Waals surface area contributed by atoms with E-state index < -0.39 is 11.9 Å². The van der Waals surface area contributed by atoms with Crippen LogP contribution in [0, 0.1) is 5.92 Å². The zero-order valence-electron chi connectivity index (χ0n) is 14.1. The molecule has 26 heavy (non-hydrogen) atoms. The van der Waals surface area contributed by atoms with Crippen LogP contribution >= 0.6 is 0 Å². The zero-order chi connectivity index (χ0) is 18.3. The van der Waals surface area contributed by atoms with Gasteiger partial charge in [-0.1, -0.05) is 6.07 Å². The number of nitrogens with one attached hydrogen (secondary N) is 1. The predicted octanol–water partition coefficient (Wildman–Crippen LogP) is 2.69. The molecule has 0 saturated heterocycles. The van der Waals surface area contributed by atoms with Crippen LogP contribution in [0.1, 0.15) is 41.2 Å². The molecule has 1 aliphatic heterocycles. The fraction of sp³-hybridized carbons (Fsp3) is 0.500. The minimum atomic E-state index is -4.43. The highest BCUT2D eigenvalue weighted by atomic mass is 19.4. The normalized spacial score (nSPS) is 18.0. The van der Waals surface area contributed by atoms with Gasteiger partial charge < -0.3 is 4.98 Å². The van der Waals surface area contributed by atoms with E-state index in [0.717, 1.165) is 29.6 Å². The van der Waals surface area contributed by atoms with Crippen molar-refractivity contribution in [1.29, 1.82) is 0 Å². The molecule has 3 heterocycles. The van der Waals surface area contributed by atoms with E-state index in [4.69, 9.17) is 0 Å². The van der Waals surface area contributed by atoms with Crippen LogP contribution < -0.4 is 5.56 Å². The molecule has 5 nitrogen and oxygen atoms in total. The molecule has 138 valence electrons. The standard InChI is InChI=1S/C18H19F3N4O/c19-18(20,21)15-4-3-12(8-22-15)9-25-6-5-13-14(10-25)23-16(24-17(13)26)7-11-1-2-11/h3-4,8,11H,1-2,5-7,9-10H2,(H,23,24,26). The third kappa shape index (κ3) is 3.80. The second-order valence-corrected chi connectivity index (χ2v) is 7.10. The van der Waals surface area contributed by atoms with Gasteiger partial charge in [-0.2, -0.15) is 13.2 Å². The van der Waals surface area contributed by atoms with Crippen LogP contribution in [0.3, 0.4) is 0 Å². The van der Waals surface area contributed by atoms with Gasteiger partial charge in [0.1, 0.15) is 11.5 Å². The van der Waals surface area contributed by atoms with Crippen LogP contribution in [0.5, 0.6) is 0 Å². The van der Waals surface area contributed by atoms with E-state index in [-0.39, 0.29) is 5.56 Å². The molecule has 0 unspecified atom stereocenters. The molecule has 1 aliphatic carbocycles. The molecule has 4 rings (SSSR count). The fourth-order valence-corrected chi connectivity index (χ4v) is 3.32. The van der Waals surface area contributed by atoms with Crippen LogP contribution in [-0.2, 0) is 32.1 Å². The first-order valence-corrected chi connectivity index (χ1v) is 8.74. The minimum Gasteiger partial charge on any atom is -0.310 e. The number of aromatic amines is 1. The molecule has 1 saturated carbocycles. The quantitative estimate of drug-likeness (QED) is 0.906. The predicted molar refractivity (Wildman–Crippen MR) is 88.3 cm³/mol. The van der Waals surface area contributed by atoms with Crippen LogP contribution in [0.2, 0.25) is 0 Å². The maximum Gasteiger partial charge on any atom is 0.433 e. The molecule has 0 spiro atoms. The molecule has 0 aromatic carbocycles. The van der Waals surface area contributed by atoms with Gasteiger partial charge in [-0.15, -0.1) is 0 Å². The summed E-state index contributed by atoms with van der Waals surface area (Å²) in [5.74, 6) is 1.38. The summed E-state index contributed by atoms with van der Waals surface area (Å²) in [5, 5.41) is 0. The van der Waals surface area contributed by atoms with Crippen molar-refractivity contribution in [2.24, 2.45) is 5.92 Å². The third-order valence-corrected chi connectivity index (χ3v) is 4.90. The Labute approximate surface area is 148 Å². The van der Waals surface area contributed by atoms with Gasteiger partial charge in [0, 0.05) is 37.8 Å². The Morgan fingerprint density at radius 1 is 1.27 bits per heavy atom. The van der Waals surface area contributed by atoms with Gasteiger partial charge in [-0.05, 0) is 36.8 Å². The van der Waals surface area contributed by atoms with Crippen molar-refractivity contribution < 1.29 is 13.2 Å². The molecule has 0 bridgehead atoms. The number of H-pyrrole nitrogens is 1. The second kappa shape index (κ2) is 6.50. The monoisotopic (exact) mass is 364 g/mol. The van der Waals surface area contributed by atoms with Crippen molar-refractivity contribution >= 4 is 0 Å². The first-order chi connectivity index (χ1) is 12.4. The number of halogens is 3. The van der Waals surface area contributed by atoms with Crippen molar-refractivity contribution in [1.82, 2.24) is 19.9 Å². The Kier molecular flexibility index (Phi) is 4.30. The van der Waals surface area contributed by atoms with Crippen LogP contribution in [0.25, 0.3) is 0 Å².